The summed E-state index contributed by atoms with van der Waals surface area (Å²) in [7, 11) is 1.89. The van der Waals surface area contributed by atoms with Crippen molar-refractivity contribution >= 4 is 0 Å². The SMILES string of the molecule is CN[C@H]1CO[C@@](CCc2ccccc2)(Cn2ccnc2)O1. The van der Waals surface area contributed by atoms with E-state index in [1.165, 1.54) is 5.56 Å². The van der Waals surface area contributed by atoms with Gasteiger partial charge in [-0.1, -0.05) is 30.3 Å². The molecule has 0 spiro atoms. The average molecular weight is 287 g/mol. The molecule has 2 atom stereocenters. The summed E-state index contributed by atoms with van der Waals surface area (Å²) >= 11 is 0. The van der Waals surface area contributed by atoms with Gasteiger partial charge in [0.1, 0.15) is 6.23 Å². The third-order valence-electron chi connectivity index (χ3n) is 3.80. The summed E-state index contributed by atoms with van der Waals surface area (Å²) in [5, 5.41) is 3.12. The molecular formula is C16H21N3O2. The molecular weight excluding hydrogens is 266 g/mol. The first kappa shape index (κ1) is 14.3. The molecule has 1 saturated heterocycles. The first-order chi connectivity index (χ1) is 10.3. The van der Waals surface area contributed by atoms with Crippen molar-refractivity contribution in [1.82, 2.24) is 14.9 Å². The van der Waals surface area contributed by atoms with E-state index in [1.54, 1.807) is 12.5 Å². The third-order valence-corrected chi connectivity index (χ3v) is 3.80. The van der Waals surface area contributed by atoms with Crippen LogP contribution in [0.15, 0.2) is 49.1 Å². The monoisotopic (exact) mass is 287 g/mol. The Morgan fingerprint density at radius 1 is 1.38 bits per heavy atom. The number of imidazole rings is 1. The van der Waals surface area contributed by atoms with E-state index in [0.29, 0.717) is 13.2 Å². The Kier molecular flexibility index (Phi) is 4.34. The molecule has 5 nitrogen and oxygen atoms in total. The normalized spacial score (nSPS) is 25.3. The van der Waals surface area contributed by atoms with Gasteiger partial charge in [-0.3, -0.25) is 5.32 Å². The lowest BCUT2D eigenvalue weighted by Gasteiger charge is -2.28. The first-order valence-corrected chi connectivity index (χ1v) is 7.28. The number of hydrogen-bond acceptors (Lipinski definition) is 4. The van der Waals surface area contributed by atoms with Gasteiger partial charge in [-0.25, -0.2) is 4.98 Å². The molecule has 0 bridgehead atoms. The van der Waals surface area contributed by atoms with E-state index in [-0.39, 0.29) is 6.23 Å². The molecule has 5 heteroatoms. The molecule has 0 aliphatic carbocycles. The summed E-state index contributed by atoms with van der Waals surface area (Å²) in [6.45, 7) is 1.22. The predicted octanol–water partition coefficient (Wildman–Crippen LogP) is 1.80. The van der Waals surface area contributed by atoms with Crippen molar-refractivity contribution in [3.8, 4) is 0 Å². The number of hydrogen-bond donors (Lipinski definition) is 1. The highest BCUT2D eigenvalue weighted by Crippen LogP contribution is 2.29. The summed E-state index contributed by atoms with van der Waals surface area (Å²) in [4.78, 5) is 4.09. The van der Waals surface area contributed by atoms with Crippen molar-refractivity contribution in [2.24, 2.45) is 0 Å². The smallest absolute Gasteiger partial charge is 0.188 e. The standard InChI is InChI=1S/C16H21N3O2/c1-17-15-11-20-16(21-15,12-19-10-9-18-13-19)8-7-14-5-3-2-4-6-14/h2-6,9-10,13,15,17H,7-8,11-12H2,1H3/t15-,16-/m1/s1. The lowest BCUT2D eigenvalue weighted by atomic mass is 10.0. The summed E-state index contributed by atoms with van der Waals surface area (Å²) in [5.74, 6) is -0.593. The Balaban J connectivity index is 1.70. The topological polar surface area (TPSA) is 48.3 Å². The van der Waals surface area contributed by atoms with Crippen molar-refractivity contribution in [1.29, 1.82) is 0 Å². The van der Waals surface area contributed by atoms with E-state index >= 15 is 0 Å². The van der Waals surface area contributed by atoms with E-state index in [1.807, 2.05) is 23.9 Å². The molecule has 1 aliphatic rings. The summed E-state index contributed by atoms with van der Waals surface area (Å²) in [6, 6.07) is 10.4. The van der Waals surface area contributed by atoms with Gasteiger partial charge in [-0.2, -0.15) is 0 Å². The second kappa shape index (κ2) is 6.39. The predicted molar refractivity (Wildman–Crippen MR) is 79.6 cm³/mol. The fraction of sp³-hybridized carbons (Fsp3) is 0.438. The Morgan fingerprint density at radius 2 is 2.24 bits per heavy atom. The minimum Gasteiger partial charge on any atom is -0.344 e. The minimum atomic E-state index is -0.593. The van der Waals surface area contributed by atoms with Gasteiger partial charge >= 0.3 is 0 Å². The van der Waals surface area contributed by atoms with Gasteiger partial charge in [-0.15, -0.1) is 0 Å². The van der Waals surface area contributed by atoms with Crippen LogP contribution < -0.4 is 5.32 Å². The van der Waals surface area contributed by atoms with Gasteiger partial charge in [0.2, 0.25) is 0 Å². The molecule has 0 amide bonds. The van der Waals surface area contributed by atoms with E-state index in [4.69, 9.17) is 9.47 Å². The van der Waals surface area contributed by atoms with Gasteiger partial charge in [0.15, 0.2) is 5.79 Å². The fourth-order valence-corrected chi connectivity index (χ4v) is 2.63. The second-order valence-corrected chi connectivity index (χ2v) is 5.34. The number of rotatable bonds is 6. The summed E-state index contributed by atoms with van der Waals surface area (Å²) in [5.41, 5.74) is 1.29. The highest BCUT2D eigenvalue weighted by Gasteiger charge is 2.41. The number of benzene rings is 1. The molecule has 21 heavy (non-hydrogen) atoms. The molecule has 0 saturated carbocycles. The van der Waals surface area contributed by atoms with Crippen LogP contribution in [0.5, 0.6) is 0 Å². The molecule has 0 radical (unpaired) electrons. The van der Waals surface area contributed by atoms with Crippen molar-refractivity contribution in [3.05, 3.63) is 54.6 Å². The van der Waals surface area contributed by atoms with Crippen molar-refractivity contribution in [2.75, 3.05) is 13.7 Å². The van der Waals surface area contributed by atoms with Crippen LogP contribution in [0.3, 0.4) is 0 Å². The van der Waals surface area contributed by atoms with Crippen LogP contribution in [0.4, 0.5) is 0 Å². The summed E-state index contributed by atoms with van der Waals surface area (Å²) < 4.78 is 14.1. The number of likely N-dealkylation sites (N-methyl/N-ethyl adjacent to an activating group) is 1. The van der Waals surface area contributed by atoms with E-state index < -0.39 is 5.79 Å². The second-order valence-electron chi connectivity index (χ2n) is 5.34. The zero-order valence-electron chi connectivity index (χ0n) is 12.2. The lowest BCUT2D eigenvalue weighted by molar-refractivity contribution is -0.184. The van der Waals surface area contributed by atoms with Crippen LogP contribution in [0.2, 0.25) is 0 Å². The molecule has 2 heterocycles. The zero-order chi connectivity index (χ0) is 14.5. The number of ether oxygens (including phenoxy) is 2. The van der Waals surface area contributed by atoms with E-state index in [9.17, 15) is 0 Å². The maximum Gasteiger partial charge on any atom is 0.188 e. The molecule has 112 valence electrons. The Morgan fingerprint density at radius 3 is 2.90 bits per heavy atom. The maximum atomic E-state index is 6.11. The molecule has 1 fully saturated rings. The minimum absolute atomic E-state index is 0.0516. The third kappa shape index (κ3) is 3.50. The Bertz CT molecular complexity index is 544. The van der Waals surface area contributed by atoms with Crippen LogP contribution in [0.25, 0.3) is 0 Å². The fourth-order valence-electron chi connectivity index (χ4n) is 2.63. The van der Waals surface area contributed by atoms with Gasteiger partial charge in [0.05, 0.1) is 19.5 Å². The van der Waals surface area contributed by atoms with Gasteiger partial charge in [0.25, 0.3) is 0 Å². The molecule has 1 N–H and O–H groups in total. The van der Waals surface area contributed by atoms with Crippen LogP contribution in [0, 0.1) is 0 Å². The highest BCUT2D eigenvalue weighted by molar-refractivity contribution is 5.15. The van der Waals surface area contributed by atoms with E-state index in [2.05, 4.69) is 34.6 Å². The van der Waals surface area contributed by atoms with Gasteiger partial charge in [-0.05, 0) is 19.0 Å². The van der Waals surface area contributed by atoms with Crippen molar-refractivity contribution in [2.45, 2.75) is 31.4 Å². The van der Waals surface area contributed by atoms with Crippen LogP contribution >= 0.6 is 0 Å². The number of aromatic nitrogens is 2. The number of aryl methyl sites for hydroxylation is 1. The molecule has 1 aliphatic heterocycles. The number of nitrogens with one attached hydrogen (secondary N) is 1. The van der Waals surface area contributed by atoms with Gasteiger partial charge in [0, 0.05) is 18.8 Å². The average Bonchev–Trinajstić information content (AvgIpc) is 3.17. The molecule has 1 aromatic carbocycles. The molecule has 3 rings (SSSR count). The molecule has 0 unspecified atom stereocenters. The van der Waals surface area contributed by atoms with Crippen molar-refractivity contribution < 1.29 is 9.47 Å². The van der Waals surface area contributed by atoms with E-state index in [0.717, 1.165) is 12.8 Å². The highest BCUT2D eigenvalue weighted by atomic mass is 16.8. The largest absolute Gasteiger partial charge is 0.344 e. The quantitative estimate of drug-likeness (QED) is 0.880. The van der Waals surface area contributed by atoms with Crippen LogP contribution in [0.1, 0.15) is 12.0 Å². The zero-order valence-corrected chi connectivity index (χ0v) is 12.2. The lowest BCUT2D eigenvalue weighted by Crippen LogP contribution is -2.38. The maximum absolute atomic E-state index is 6.11. The summed E-state index contributed by atoms with van der Waals surface area (Å²) in [6.07, 6.45) is 7.19. The Hall–Kier alpha value is -1.69. The molecule has 2 aromatic rings. The van der Waals surface area contributed by atoms with Crippen LogP contribution in [-0.2, 0) is 22.4 Å². The first-order valence-electron chi connectivity index (χ1n) is 7.28. The number of nitrogens with zero attached hydrogens (tertiary/aromatic N) is 2. The van der Waals surface area contributed by atoms with Gasteiger partial charge < -0.3 is 14.0 Å². The Labute approximate surface area is 124 Å². The van der Waals surface area contributed by atoms with Crippen LogP contribution in [-0.4, -0.2) is 35.2 Å². The van der Waals surface area contributed by atoms with Crippen molar-refractivity contribution in [3.63, 3.8) is 0 Å². The molecule has 1 aromatic heterocycles.